The summed E-state index contributed by atoms with van der Waals surface area (Å²) in [4.78, 5) is 11.1. The van der Waals surface area contributed by atoms with Gasteiger partial charge in [-0.1, -0.05) is 0 Å². The fourth-order valence-electron chi connectivity index (χ4n) is 2.66. The van der Waals surface area contributed by atoms with Gasteiger partial charge in [-0.2, -0.15) is 5.10 Å². The minimum absolute atomic E-state index is 0.694. The highest BCUT2D eigenvalue weighted by Gasteiger charge is 2.15. The van der Waals surface area contributed by atoms with Crippen LogP contribution in [-0.4, -0.2) is 44.9 Å². The molecule has 0 radical (unpaired) electrons. The van der Waals surface area contributed by atoms with Gasteiger partial charge in [0.2, 0.25) is 0 Å². The van der Waals surface area contributed by atoms with Crippen molar-refractivity contribution in [2.75, 3.05) is 20.3 Å². The van der Waals surface area contributed by atoms with Crippen molar-refractivity contribution in [1.82, 2.24) is 24.6 Å². The van der Waals surface area contributed by atoms with Crippen LogP contribution in [0.3, 0.4) is 0 Å². The molecule has 126 valence electrons. The second kappa shape index (κ2) is 8.17. The molecule has 0 atom stereocenters. The molecule has 2 aromatic rings. The highest BCUT2D eigenvalue weighted by Crippen LogP contribution is 2.17. The highest BCUT2D eigenvalue weighted by molar-refractivity contribution is 5.24. The van der Waals surface area contributed by atoms with Gasteiger partial charge < -0.3 is 4.74 Å². The maximum Gasteiger partial charge on any atom is 0.0727 e. The molecule has 2 rings (SSSR count). The smallest absolute Gasteiger partial charge is 0.0727 e. The van der Waals surface area contributed by atoms with Gasteiger partial charge in [-0.25, -0.2) is 0 Å². The zero-order chi connectivity index (χ0) is 16.8. The SMILES string of the molecule is CCn1nc(C)c(CN(CCOC)Cc2cnc(C)cn2)c1C. The van der Waals surface area contributed by atoms with Crippen LogP contribution in [-0.2, 0) is 24.4 Å². The molecular weight excluding hydrogens is 290 g/mol. The van der Waals surface area contributed by atoms with Crippen molar-refractivity contribution in [2.24, 2.45) is 0 Å². The second-order valence-electron chi connectivity index (χ2n) is 5.82. The first-order valence-corrected chi connectivity index (χ1v) is 8.06. The van der Waals surface area contributed by atoms with Crippen molar-refractivity contribution >= 4 is 0 Å². The van der Waals surface area contributed by atoms with Gasteiger partial charge in [0.05, 0.1) is 23.7 Å². The van der Waals surface area contributed by atoms with Gasteiger partial charge >= 0.3 is 0 Å². The average Bonchev–Trinajstić information content (AvgIpc) is 2.82. The third-order valence-electron chi connectivity index (χ3n) is 4.04. The second-order valence-corrected chi connectivity index (χ2v) is 5.82. The molecule has 0 spiro atoms. The highest BCUT2D eigenvalue weighted by atomic mass is 16.5. The molecule has 6 nitrogen and oxygen atoms in total. The number of methoxy groups -OCH3 is 1. The average molecular weight is 317 g/mol. The van der Waals surface area contributed by atoms with Gasteiger partial charge in [-0.3, -0.25) is 19.5 Å². The molecule has 2 aromatic heterocycles. The number of ether oxygens (including phenoxy) is 1. The van der Waals surface area contributed by atoms with E-state index in [2.05, 4.69) is 45.4 Å². The van der Waals surface area contributed by atoms with Crippen LogP contribution in [0.1, 0.15) is 35.3 Å². The van der Waals surface area contributed by atoms with Gasteiger partial charge in [-0.15, -0.1) is 0 Å². The van der Waals surface area contributed by atoms with Crippen molar-refractivity contribution in [3.8, 4) is 0 Å². The van der Waals surface area contributed by atoms with E-state index in [0.29, 0.717) is 6.61 Å². The maximum atomic E-state index is 5.26. The molecule has 0 aliphatic carbocycles. The fraction of sp³-hybridized carbons (Fsp3) is 0.588. The molecule has 0 fully saturated rings. The molecule has 0 unspecified atom stereocenters. The predicted octanol–water partition coefficient (Wildman–Crippen LogP) is 2.27. The lowest BCUT2D eigenvalue weighted by Gasteiger charge is -2.22. The van der Waals surface area contributed by atoms with Gasteiger partial charge in [0.1, 0.15) is 0 Å². The van der Waals surface area contributed by atoms with E-state index in [0.717, 1.165) is 43.3 Å². The molecule has 0 amide bonds. The van der Waals surface area contributed by atoms with Gasteiger partial charge in [-0.05, 0) is 27.7 Å². The van der Waals surface area contributed by atoms with Gasteiger partial charge in [0, 0.05) is 56.9 Å². The normalized spacial score (nSPS) is 11.4. The largest absolute Gasteiger partial charge is 0.383 e. The molecule has 0 aliphatic rings. The number of rotatable bonds is 8. The van der Waals surface area contributed by atoms with E-state index in [1.165, 1.54) is 11.3 Å². The fourth-order valence-corrected chi connectivity index (χ4v) is 2.66. The maximum absolute atomic E-state index is 5.26. The van der Waals surface area contributed by atoms with Crippen LogP contribution in [0, 0.1) is 20.8 Å². The van der Waals surface area contributed by atoms with Crippen LogP contribution >= 0.6 is 0 Å². The molecule has 23 heavy (non-hydrogen) atoms. The topological polar surface area (TPSA) is 56.1 Å². The number of aromatic nitrogens is 4. The Hall–Kier alpha value is -1.79. The minimum atomic E-state index is 0.694. The van der Waals surface area contributed by atoms with Crippen LogP contribution < -0.4 is 0 Å². The molecule has 0 bridgehead atoms. The van der Waals surface area contributed by atoms with Gasteiger partial charge in [0.25, 0.3) is 0 Å². The van der Waals surface area contributed by atoms with E-state index < -0.39 is 0 Å². The van der Waals surface area contributed by atoms with Gasteiger partial charge in [0.15, 0.2) is 0 Å². The molecule has 0 N–H and O–H groups in total. The van der Waals surface area contributed by atoms with E-state index in [1.54, 1.807) is 7.11 Å². The summed E-state index contributed by atoms with van der Waals surface area (Å²) in [5, 5.41) is 4.61. The number of nitrogens with zero attached hydrogens (tertiary/aromatic N) is 5. The van der Waals surface area contributed by atoms with Crippen LogP contribution in [0.25, 0.3) is 0 Å². The Morgan fingerprint density at radius 1 is 1.13 bits per heavy atom. The summed E-state index contributed by atoms with van der Waals surface area (Å²) < 4.78 is 7.32. The predicted molar refractivity (Wildman–Crippen MR) is 90.1 cm³/mol. The van der Waals surface area contributed by atoms with E-state index in [4.69, 9.17) is 4.74 Å². The lowest BCUT2D eigenvalue weighted by atomic mass is 10.2. The summed E-state index contributed by atoms with van der Waals surface area (Å²) in [6.45, 7) is 12.3. The van der Waals surface area contributed by atoms with Crippen LogP contribution in [0.2, 0.25) is 0 Å². The summed E-state index contributed by atoms with van der Waals surface area (Å²) >= 11 is 0. The summed E-state index contributed by atoms with van der Waals surface area (Å²) in [6, 6.07) is 0. The zero-order valence-corrected chi connectivity index (χ0v) is 14.8. The molecule has 6 heteroatoms. The Kier molecular flexibility index (Phi) is 6.24. The van der Waals surface area contributed by atoms with Crippen LogP contribution in [0.5, 0.6) is 0 Å². The van der Waals surface area contributed by atoms with E-state index in [-0.39, 0.29) is 0 Å². The number of hydrogen-bond acceptors (Lipinski definition) is 5. The Labute approximate surface area is 138 Å². The minimum Gasteiger partial charge on any atom is -0.383 e. The first-order valence-electron chi connectivity index (χ1n) is 8.06. The zero-order valence-electron chi connectivity index (χ0n) is 14.8. The Morgan fingerprint density at radius 2 is 1.91 bits per heavy atom. The molecule has 0 aliphatic heterocycles. The van der Waals surface area contributed by atoms with Crippen LogP contribution in [0.15, 0.2) is 12.4 Å². The van der Waals surface area contributed by atoms with E-state index in [1.807, 2.05) is 19.3 Å². The lowest BCUT2D eigenvalue weighted by Crippen LogP contribution is -2.27. The van der Waals surface area contributed by atoms with Crippen molar-refractivity contribution in [3.05, 3.63) is 40.7 Å². The van der Waals surface area contributed by atoms with Crippen molar-refractivity contribution in [3.63, 3.8) is 0 Å². The summed E-state index contributed by atoms with van der Waals surface area (Å²) in [6.07, 6.45) is 3.67. The first kappa shape index (κ1) is 17.6. The molecule has 2 heterocycles. The number of aryl methyl sites for hydroxylation is 3. The third kappa shape index (κ3) is 4.59. The first-order chi connectivity index (χ1) is 11.0. The van der Waals surface area contributed by atoms with Crippen molar-refractivity contribution < 1.29 is 4.74 Å². The number of hydrogen-bond donors (Lipinski definition) is 0. The standard InChI is InChI=1S/C17H27N5O/c1-6-22-15(4)17(14(3)20-22)12-21(7-8-23-5)11-16-10-18-13(2)9-19-16/h9-10H,6-8,11-12H2,1-5H3. The molecule has 0 saturated heterocycles. The van der Waals surface area contributed by atoms with E-state index >= 15 is 0 Å². The molecule has 0 aromatic carbocycles. The summed E-state index contributed by atoms with van der Waals surface area (Å²) in [7, 11) is 1.73. The van der Waals surface area contributed by atoms with Crippen molar-refractivity contribution in [1.29, 1.82) is 0 Å². The quantitative estimate of drug-likeness (QED) is 0.747. The van der Waals surface area contributed by atoms with E-state index in [9.17, 15) is 0 Å². The monoisotopic (exact) mass is 317 g/mol. The lowest BCUT2D eigenvalue weighted by molar-refractivity contribution is 0.139. The summed E-state index contributed by atoms with van der Waals surface area (Å²) in [5.74, 6) is 0. The van der Waals surface area contributed by atoms with Crippen molar-refractivity contribution in [2.45, 2.75) is 47.3 Å². The third-order valence-corrected chi connectivity index (χ3v) is 4.04. The summed E-state index contributed by atoms with van der Waals surface area (Å²) in [5.41, 5.74) is 5.55. The Bertz CT molecular complexity index is 621. The molecular formula is C17H27N5O. The Morgan fingerprint density at radius 3 is 2.48 bits per heavy atom. The Balaban J connectivity index is 2.15. The van der Waals surface area contributed by atoms with Crippen LogP contribution in [0.4, 0.5) is 0 Å². The molecule has 0 saturated carbocycles.